The van der Waals surface area contributed by atoms with Crippen LogP contribution < -0.4 is 0 Å². The van der Waals surface area contributed by atoms with Gasteiger partial charge in [-0.2, -0.15) is 0 Å². The average molecular weight is 154 g/mol. The maximum atomic E-state index is 5.89. The van der Waals surface area contributed by atoms with E-state index < -0.39 is 0 Å². The van der Waals surface area contributed by atoms with E-state index in [0.29, 0.717) is 12.2 Å². The Morgan fingerprint density at radius 2 is 1.27 bits per heavy atom. The molecule has 2 aliphatic rings. The molecule has 1 nitrogen and oxygen atoms in total. The van der Waals surface area contributed by atoms with Gasteiger partial charge in [-0.25, -0.2) is 0 Å². The summed E-state index contributed by atoms with van der Waals surface area (Å²) >= 11 is 0. The summed E-state index contributed by atoms with van der Waals surface area (Å²) in [6, 6.07) is 0. The van der Waals surface area contributed by atoms with Crippen molar-refractivity contribution in [1.29, 1.82) is 0 Å². The molecule has 1 heteroatoms. The normalized spacial score (nSPS) is 56.5. The van der Waals surface area contributed by atoms with Crippen molar-refractivity contribution in [2.45, 2.75) is 45.8 Å². The van der Waals surface area contributed by atoms with E-state index in [9.17, 15) is 0 Å². The molecule has 11 heavy (non-hydrogen) atoms. The first-order valence-corrected chi connectivity index (χ1v) is 4.85. The van der Waals surface area contributed by atoms with E-state index in [4.69, 9.17) is 4.74 Å². The number of fused-ring (bicyclic) bond motifs is 2. The van der Waals surface area contributed by atoms with E-state index in [-0.39, 0.29) is 0 Å². The van der Waals surface area contributed by atoms with Gasteiger partial charge in [0.05, 0.1) is 12.2 Å². The summed E-state index contributed by atoms with van der Waals surface area (Å²) < 4.78 is 5.89. The van der Waals surface area contributed by atoms with Crippen molar-refractivity contribution in [1.82, 2.24) is 0 Å². The molecule has 0 amide bonds. The van der Waals surface area contributed by atoms with Crippen molar-refractivity contribution in [3.05, 3.63) is 0 Å². The Balaban J connectivity index is 2.16. The van der Waals surface area contributed by atoms with Crippen LogP contribution >= 0.6 is 0 Å². The van der Waals surface area contributed by atoms with Crippen LogP contribution in [0.1, 0.15) is 33.6 Å². The Morgan fingerprint density at radius 1 is 0.818 bits per heavy atom. The lowest BCUT2D eigenvalue weighted by Gasteiger charge is -2.37. The van der Waals surface area contributed by atoms with Gasteiger partial charge in [-0.3, -0.25) is 0 Å². The molecule has 0 spiro atoms. The van der Waals surface area contributed by atoms with Gasteiger partial charge in [-0.15, -0.1) is 0 Å². The quantitative estimate of drug-likeness (QED) is 0.521. The molecule has 5 atom stereocenters. The highest BCUT2D eigenvalue weighted by molar-refractivity contribution is 4.91. The molecule has 64 valence electrons. The summed E-state index contributed by atoms with van der Waals surface area (Å²) in [7, 11) is 0. The van der Waals surface area contributed by atoms with Crippen molar-refractivity contribution in [3.63, 3.8) is 0 Å². The summed E-state index contributed by atoms with van der Waals surface area (Å²) in [6.45, 7) is 7.06. The molecule has 0 radical (unpaired) electrons. The third-order valence-corrected chi connectivity index (χ3v) is 3.92. The molecule has 2 bridgehead atoms. The van der Waals surface area contributed by atoms with E-state index in [1.807, 2.05) is 0 Å². The second-order valence-corrected chi connectivity index (χ2v) is 4.37. The van der Waals surface area contributed by atoms with Gasteiger partial charge in [0.1, 0.15) is 0 Å². The van der Waals surface area contributed by atoms with E-state index in [1.165, 1.54) is 12.8 Å². The number of hydrogen-bond acceptors (Lipinski definition) is 1. The Hall–Kier alpha value is -0.0400. The Labute approximate surface area is 69.1 Å². The van der Waals surface area contributed by atoms with Crippen molar-refractivity contribution in [2.75, 3.05) is 0 Å². The molecule has 0 aromatic rings. The van der Waals surface area contributed by atoms with Crippen LogP contribution in [0.25, 0.3) is 0 Å². The van der Waals surface area contributed by atoms with Crippen LogP contribution in [0.15, 0.2) is 0 Å². The standard InChI is InChI=1S/C10H18O/c1-6-7(2)9-4-5-10(11-9)8(6)3/h6-10H,4-5H2,1-3H3/t6-,7+,8-,9+,10-. The first-order chi connectivity index (χ1) is 5.20. The minimum atomic E-state index is 0.589. The van der Waals surface area contributed by atoms with Gasteiger partial charge in [0.2, 0.25) is 0 Å². The van der Waals surface area contributed by atoms with Crippen molar-refractivity contribution >= 4 is 0 Å². The second-order valence-electron chi connectivity index (χ2n) is 4.37. The van der Waals surface area contributed by atoms with Gasteiger partial charge in [0.15, 0.2) is 0 Å². The molecule has 0 aliphatic carbocycles. The number of rotatable bonds is 0. The van der Waals surface area contributed by atoms with Crippen LogP contribution in [0, 0.1) is 17.8 Å². The highest BCUT2D eigenvalue weighted by atomic mass is 16.5. The topological polar surface area (TPSA) is 9.23 Å². The Morgan fingerprint density at radius 3 is 1.73 bits per heavy atom. The highest BCUT2D eigenvalue weighted by Gasteiger charge is 2.43. The maximum Gasteiger partial charge on any atom is 0.0608 e. The largest absolute Gasteiger partial charge is 0.374 e. The Kier molecular flexibility index (Phi) is 1.71. The molecule has 0 saturated carbocycles. The van der Waals surface area contributed by atoms with Crippen LogP contribution in [0.5, 0.6) is 0 Å². The zero-order chi connectivity index (χ0) is 8.01. The van der Waals surface area contributed by atoms with Gasteiger partial charge in [-0.05, 0) is 30.6 Å². The van der Waals surface area contributed by atoms with Crippen LogP contribution in [0.2, 0.25) is 0 Å². The fraction of sp³-hybridized carbons (Fsp3) is 1.00. The molecule has 2 rings (SSSR count). The third-order valence-electron chi connectivity index (χ3n) is 3.92. The number of hydrogen-bond donors (Lipinski definition) is 0. The number of ether oxygens (including phenoxy) is 1. The lowest BCUT2D eigenvalue weighted by molar-refractivity contribution is -0.0866. The lowest BCUT2D eigenvalue weighted by atomic mass is 9.80. The summed E-state index contributed by atoms with van der Waals surface area (Å²) in [4.78, 5) is 0. The predicted octanol–water partition coefficient (Wildman–Crippen LogP) is 2.46. The molecule has 2 fully saturated rings. The van der Waals surface area contributed by atoms with E-state index in [2.05, 4.69) is 20.8 Å². The zero-order valence-corrected chi connectivity index (χ0v) is 7.71. The SMILES string of the molecule is C[C@H]1[C@@H](C)[C@H]2CC[C@H](O2)[C@H]1C. The molecule has 0 aromatic heterocycles. The van der Waals surface area contributed by atoms with Crippen molar-refractivity contribution in [2.24, 2.45) is 17.8 Å². The second kappa shape index (κ2) is 2.48. The first-order valence-electron chi connectivity index (χ1n) is 4.85. The van der Waals surface area contributed by atoms with E-state index >= 15 is 0 Å². The molecular formula is C10H18O. The third kappa shape index (κ3) is 1.01. The summed E-state index contributed by atoms with van der Waals surface area (Å²) in [5.74, 6) is 2.42. The van der Waals surface area contributed by atoms with Gasteiger partial charge >= 0.3 is 0 Å². The summed E-state index contributed by atoms with van der Waals surface area (Å²) in [6.07, 6.45) is 3.79. The lowest BCUT2D eigenvalue weighted by Crippen LogP contribution is -2.38. The molecule has 0 unspecified atom stereocenters. The first kappa shape index (κ1) is 7.60. The van der Waals surface area contributed by atoms with Crippen LogP contribution in [-0.2, 0) is 4.74 Å². The molecule has 2 saturated heterocycles. The predicted molar refractivity (Wildman–Crippen MR) is 45.4 cm³/mol. The molecule has 0 aromatic carbocycles. The van der Waals surface area contributed by atoms with Gasteiger partial charge in [0, 0.05) is 0 Å². The van der Waals surface area contributed by atoms with Gasteiger partial charge in [0.25, 0.3) is 0 Å². The van der Waals surface area contributed by atoms with Crippen LogP contribution in [-0.4, -0.2) is 12.2 Å². The van der Waals surface area contributed by atoms with Gasteiger partial charge in [-0.1, -0.05) is 20.8 Å². The fourth-order valence-corrected chi connectivity index (χ4v) is 2.62. The van der Waals surface area contributed by atoms with E-state index in [0.717, 1.165) is 17.8 Å². The van der Waals surface area contributed by atoms with Crippen LogP contribution in [0.4, 0.5) is 0 Å². The molecule has 2 aliphatic heterocycles. The van der Waals surface area contributed by atoms with Crippen LogP contribution in [0.3, 0.4) is 0 Å². The van der Waals surface area contributed by atoms with Crippen molar-refractivity contribution < 1.29 is 4.74 Å². The summed E-state index contributed by atoms with van der Waals surface area (Å²) in [5.41, 5.74) is 0. The molecule has 2 heterocycles. The van der Waals surface area contributed by atoms with Crippen molar-refractivity contribution in [3.8, 4) is 0 Å². The Bertz CT molecular complexity index is 135. The minimum Gasteiger partial charge on any atom is -0.374 e. The zero-order valence-electron chi connectivity index (χ0n) is 7.71. The van der Waals surface area contributed by atoms with E-state index in [1.54, 1.807) is 0 Å². The van der Waals surface area contributed by atoms with Gasteiger partial charge < -0.3 is 4.74 Å². The fourth-order valence-electron chi connectivity index (χ4n) is 2.62. The maximum absolute atomic E-state index is 5.89. The molecular weight excluding hydrogens is 136 g/mol. The average Bonchev–Trinajstić information content (AvgIpc) is 2.44. The minimum absolute atomic E-state index is 0.589. The monoisotopic (exact) mass is 154 g/mol. The smallest absolute Gasteiger partial charge is 0.0608 e. The highest BCUT2D eigenvalue weighted by Crippen LogP contribution is 2.42. The summed E-state index contributed by atoms with van der Waals surface area (Å²) in [5, 5.41) is 0. The molecule has 0 N–H and O–H groups in total.